The second kappa shape index (κ2) is 16.0. The fourth-order valence-electron chi connectivity index (χ4n) is 0. The minimum absolute atomic E-state index is 0. The summed E-state index contributed by atoms with van der Waals surface area (Å²) in [4.78, 5) is 0. The zero-order chi connectivity index (χ0) is 2.12. The van der Waals surface area contributed by atoms with Crippen LogP contribution < -0.4 is 0 Å². The molecule has 0 bridgehead atoms. The molecule has 0 aromatic carbocycles. The van der Waals surface area contributed by atoms with Crippen LogP contribution in [-0.4, -0.2) is 0 Å². The summed E-state index contributed by atoms with van der Waals surface area (Å²) in [6, 6.07) is 0. The third kappa shape index (κ3) is 56.7. The average molecular weight is 275 g/mol. The van der Waals surface area contributed by atoms with E-state index < -0.39 is 0 Å². The molecule has 1 fully saturated rings. The van der Waals surface area contributed by atoms with Gasteiger partial charge in [-0.2, -0.15) is 0 Å². The van der Waals surface area contributed by atoms with E-state index in [1.807, 2.05) is 0 Å². The van der Waals surface area contributed by atoms with Crippen LogP contribution in [0.1, 0.15) is 12.8 Å². The van der Waals surface area contributed by atoms with E-state index in [1.54, 1.807) is 0 Å². The Morgan fingerprint density at radius 2 is 1.00 bits per heavy atom. The summed E-state index contributed by atoms with van der Waals surface area (Å²) in [5.74, 6) is 0. The van der Waals surface area contributed by atoms with E-state index in [-0.39, 0.29) is 36.9 Å². The van der Waals surface area contributed by atoms with Crippen molar-refractivity contribution < 1.29 is 36.9 Å². The van der Waals surface area contributed by atoms with Gasteiger partial charge in [-0.1, -0.05) is 0 Å². The molecule has 0 heterocycles. The predicted octanol–water partition coefficient (Wildman–Crippen LogP) is 0.626. The Kier molecular flexibility index (Phi) is 58.9. The molecule has 3 nitrogen and oxygen atoms in total. The molecule has 49 valence electrons. The average Bonchev–Trinajstić information content (AvgIpc) is 1.46. The molecule has 0 unspecified atom stereocenters. The van der Waals surface area contributed by atoms with Crippen molar-refractivity contribution in [2.45, 2.75) is 12.8 Å². The van der Waals surface area contributed by atoms with E-state index in [9.17, 15) is 0 Å². The van der Waals surface area contributed by atoms with Crippen LogP contribution in [-0.2, 0) is 36.9 Å². The summed E-state index contributed by atoms with van der Waals surface area (Å²) in [6.45, 7) is 0. The van der Waals surface area contributed by atoms with E-state index >= 15 is 0 Å². The van der Waals surface area contributed by atoms with Crippen molar-refractivity contribution in [1.82, 2.24) is 0 Å². The number of rotatable bonds is 0. The normalized spacial score (nSPS) is 10.3. The summed E-state index contributed by atoms with van der Waals surface area (Å²) in [5, 5.41) is 0. The SMILES string of the molecule is [CH-]1CC1.[O-2].[O-2].[O-2].[Re]. The van der Waals surface area contributed by atoms with Gasteiger partial charge in [-0.05, 0) is 0 Å². The van der Waals surface area contributed by atoms with Gasteiger partial charge < -0.3 is 22.8 Å². The van der Waals surface area contributed by atoms with Gasteiger partial charge in [0.25, 0.3) is 0 Å². The maximum Gasteiger partial charge on any atom is 0 e. The van der Waals surface area contributed by atoms with Crippen molar-refractivity contribution in [2.24, 2.45) is 0 Å². The molecule has 0 saturated heterocycles. The molecule has 0 atom stereocenters. The third-order valence-electron chi connectivity index (χ3n) is 0.289. The molecule has 0 spiro atoms. The summed E-state index contributed by atoms with van der Waals surface area (Å²) in [7, 11) is 0. The summed E-state index contributed by atoms with van der Waals surface area (Å²) in [5.41, 5.74) is 0. The first-order valence-electron chi connectivity index (χ1n) is 1.32. The zero-order valence-electron chi connectivity index (χ0n) is 3.59. The minimum Gasteiger partial charge on any atom is -2.00 e. The molecule has 1 radical (unpaired) electrons. The van der Waals surface area contributed by atoms with Gasteiger partial charge in [0.1, 0.15) is 0 Å². The second-order valence-corrected chi connectivity index (χ2v) is 0.866. The second-order valence-electron chi connectivity index (χ2n) is 0.866. The molecule has 1 rings (SSSR count). The Balaban J connectivity index is -0.0000000112. The Morgan fingerprint density at radius 3 is 1.00 bits per heavy atom. The van der Waals surface area contributed by atoms with Gasteiger partial charge in [0, 0.05) is 20.4 Å². The van der Waals surface area contributed by atoms with Gasteiger partial charge in [0.2, 0.25) is 0 Å². The fraction of sp³-hybridized carbons (Fsp3) is 0.667. The monoisotopic (exact) mass is 276 g/mol. The van der Waals surface area contributed by atoms with E-state index in [4.69, 9.17) is 0 Å². The molecule has 7 heavy (non-hydrogen) atoms. The molecular weight excluding hydrogens is 270 g/mol. The molecule has 0 aromatic rings. The van der Waals surface area contributed by atoms with Gasteiger partial charge >= 0.3 is 0 Å². The number of hydrogen-bond acceptors (Lipinski definition) is 0. The third-order valence-corrected chi connectivity index (χ3v) is 0.289. The maximum absolute atomic E-state index is 2.25. The maximum atomic E-state index is 2.25. The summed E-state index contributed by atoms with van der Waals surface area (Å²) in [6.07, 6.45) is 5.00. The first-order valence-corrected chi connectivity index (χ1v) is 1.32. The van der Waals surface area contributed by atoms with Crippen molar-refractivity contribution in [1.29, 1.82) is 0 Å². The van der Waals surface area contributed by atoms with Gasteiger partial charge in [0.05, 0.1) is 0 Å². The van der Waals surface area contributed by atoms with Gasteiger partial charge in [0.15, 0.2) is 0 Å². The van der Waals surface area contributed by atoms with Gasteiger partial charge in [-0.25, -0.2) is 12.8 Å². The number of hydrogen-bond donors (Lipinski definition) is 0. The van der Waals surface area contributed by atoms with Crippen LogP contribution in [0, 0.1) is 6.42 Å². The van der Waals surface area contributed by atoms with Crippen LogP contribution in [0.5, 0.6) is 0 Å². The molecule has 1 aliphatic carbocycles. The van der Waals surface area contributed by atoms with Crippen LogP contribution in [0.3, 0.4) is 0 Å². The molecular formula is C3H5O3Re-7. The van der Waals surface area contributed by atoms with E-state index in [0.717, 1.165) is 0 Å². The molecule has 4 heteroatoms. The molecule has 0 aromatic heterocycles. The topological polar surface area (TPSA) is 85.5 Å². The molecule has 0 N–H and O–H groups in total. The molecule has 0 aliphatic heterocycles. The predicted molar refractivity (Wildman–Crippen MR) is 15.6 cm³/mol. The first-order chi connectivity index (χ1) is 1.50. The Morgan fingerprint density at radius 1 is 0.857 bits per heavy atom. The van der Waals surface area contributed by atoms with E-state index in [0.29, 0.717) is 0 Å². The largest absolute Gasteiger partial charge is 2.00 e. The van der Waals surface area contributed by atoms with Crippen LogP contribution in [0.25, 0.3) is 0 Å². The van der Waals surface area contributed by atoms with Crippen LogP contribution in [0.4, 0.5) is 0 Å². The van der Waals surface area contributed by atoms with Gasteiger partial charge in [-0.3, -0.25) is 0 Å². The molecule has 1 saturated carbocycles. The molecule has 0 amide bonds. The molecule has 1 aliphatic rings. The standard InChI is InChI=1S/C3H5.3O.Re/c1-2-3-1;;;;/h1H,2-3H2;;;;/q-1;3*-2;. The Labute approximate surface area is 56.7 Å². The van der Waals surface area contributed by atoms with Crippen LogP contribution in [0.2, 0.25) is 0 Å². The van der Waals surface area contributed by atoms with Crippen molar-refractivity contribution in [3.63, 3.8) is 0 Å². The van der Waals surface area contributed by atoms with E-state index in [1.165, 1.54) is 12.8 Å². The fourth-order valence-corrected chi connectivity index (χ4v) is 0. The van der Waals surface area contributed by atoms with Crippen molar-refractivity contribution in [3.8, 4) is 0 Å². The van der Waals surface area contributed by atoms with Gasteiger partial charge in [-0.15, -0.1) is 0 Å². The van der Waals surface area contributed by atoms with Crippen molar-refractivity contribution in [2.75, 3.05) is 0 Å². The summed E-state index contributed by atoms with van der Waals surface area (Å²) >= 11 is 0. The first kappa shape index (κ1) is 25.7. The Hall–Kier alpha value is 0.542. The van der Waals surface area contributed by atoms with Crippen LogP contribution >= 0.6 is 0 Å². The minimum atomic E-state index is 0. The van der Waals surface area contributed by atoms with E-state index in [2.05, 4.69) is 6.42 Å². The zero-order valence-corrected chi connectivity index (χ0v) is 6.31. The van der Waals surface area contributed by atoms with Crippen LogP contribution in [0.15, 0.2) is 0 Å². The van der Waals surface area contributed by atoms with Crippen molar-refractivity contribution in [3.05, 3.63) is 6.42 Å². The quantitative estimate of drug-likeness (QED) is 0.581. The van der Waals surface area contributed by atoms with Crippen molar-refractivity contribution >= 4 is 0 Å². The smallest absolute Gasteiger partial charge is 0 e. The Bertz CT molecular complexity index is 14.9. The summed E-state index contributed by atoms with van der Waals surface area (Å²) < 4.78 is 0.